The summed E-state index contributed by atoms with van der Waals surface area (Å²) in [5, 5.41) is 8.14. The summed E-state index contributed by atoms with van der Waals surface area (Å²) >= 11 is 1.68. The van der Waals surface area contributed by atoms with E-state index < -0.39 is 24.1 Å². The Bertz CT molecular complexity index is 755. The molecule has 1 aromatic rings. The number of carbonyl (C=O) groups excluding carboxylic acids is 4. The van der Waals surface area contributed by atoms with Gasteiger partial charge in [-0.1, -0.05) is 39.3 Å². The molecule has 0 spiro atoms. The Balaban J connectivity index is 2.60. The highest BCUT2D eigenvalue weighted by Gasteiger charge is 2.26. The van der Waals surface area contributed by atoms with Gasteiger partial charge in [0.15, 0.2) is 0 Å². The van der Waals surface area contributed by atoms with E-state index in [-0.39, 0.29) is 24.3 Å². The van der Waals surface area contributed by atoms with Gasteiger partial charge in [0.1, 0.15) is 18.7 Å². The monoisotopic (exact) mass is 546 g/mol. The van der Waals surface area contributed by atoms with Crippen LogP contribution < -0.4 is 19.5 Å². The maximum absolute atomic E-state index is 12.6. The predicted octanol–water partition coefficient (Wildman–Crippen LogP) is 3.04. The number of carbonyl (C=O) groups is 4. The van der Waals surface area contributed by atoms with Crippen LogP contribution in [0, 0.1) is 5.92 Å². The van der Waals surface area contributed by atoms with Crippen molar-refractivity contribution in [1.29, 1.82) is 0 Å². The normalized spacial score (nSPS) is 12.5. The number of unbranched alkanes of at least 4 members (excludes halogenated alkanes) is 1. The molecule has 31 heavy (non-hydrogen) atoms. The summed E-state index contributed by atoms with van der Waals surface area (Å²) in [6.07, 6.45) is 1.48. The van der Waals surface area contributed by atoms with Crippen molar-refractivity contribution in [1.82, 2.24) is 14.2 Å². The Morgan fingerprint density at radius 3 is 2.19 bits per heavy atom. The Morgan fingerprint density at radius 1 is 1.00 bits per heavy atom. The minimum absolute atomic E-state index is 0.107. The van der Waals surface area contributed by atoms with Gasteiger partial charge in [-0.15, -0.1) is 0 Å². The molecule has 2 atom stereocenters. The molecule has 10 heteroatoms. The smallest absolute Gasteiger partial charge is 0.416 e. The van der Waals surface area contributed by atoms with Gasteiger partial charge < -0.3 is 20.7 Å². The van der Waals surface area contributed by atoms with Crippen LogP contribution >= 0.6 is 22.9 Å². The van der Waals surface area contributed by atoms with Gasteiger partial charge in [-0.2, -0.15) is 0 Å². The van der Waals surface area contributed by atoms with E-state index in [1.807, 2.05) is 20.8 Å². The van der Waals surface area contributed by atoms with E-state index in [1.54, 1.807) is 54.1 Å². The summed E-state index contributed by atoms with van der Waals surface area (Å²) in [5.74, 6) is -1.08. The third-order valence-corrected chi connectivity index (χ3v) is 4.88. The third kappa shape index (κ3) is 9.99. The number of hydrogen-bond donors (Lipinski definition) is 4. The number of halogens is 1. The molecule has 0 unspecified atom stereocenters. The van der Waals surface area contributed by atoms with Gasteiger partial charge in [-0.05, 0) is 37.0 Å². The van der Waals surface area contributed by atoms with Crippen LogP contribution in [0.4, 0.5) is 10.5 Å². The molecular weight excluding hydrogens is 515 g/mol. The molecule has 0 fully saturated rings. The molecule has 4 N–H and O–H groups in total. The SMILES string of the molecule is CCCCC(=O)N[C@H](C(=O)N[C@@H](C)C(=O)Nc1ccc(COC(=O)NI)cc1)C(C)C. The van der Waals surface area contributed by atoms with Crippen molar-refractivity contribution in [2.45, 2.75) is 65.6 Å². The molecule has 0 heterocycles. The van der Waals surface area contributed by atoms with Gasteiger partial charge in [-0.25, -0.2) is 4.79 Å². The molecule has 0 saturated heterocycles. The number of rotatable bonds is 11. The fourth-order valence-corrected chi connectivity index (χ4v) is 2.75. The van der Waals surface area contributed by atoms with Gasteiger partial charge >= 0.3 is 6.09 Å². The van der Waals surface area contributed by atoms with Crippen LogP contribution in [0.1, 0.15) is 52.5 Å². The molecule has 0 bridgehead atoms. The Kier molecular flexibility index (Phi) is 11.9. The zero-order chi connectivity index (χ0) is 23.4. The zero-order valence-electron chi connectivity index (χ0n) is 18.3. The van der Waals surface area contributed by atoms with E-state index in [4.69, 9.17) is 4.74 Å². The lowest BCUT2D eigenvalue weighted by molar-refractivity contribution is -0.131. The predicted molar refractivity (Wildman–Crippen MR) is 126 cm³/mol. The summed E-state index contributed by atoms with van der Waals surface area (Å²) in [6, 6.07) is 5.30. The molecule has 172 valence electrons. The van der Waals surface area contributed by atoms with Crippen molar-refractivity contribution in [3.05, 3.63) is 29.8 Å². The molecule has 1 aromatic carbocycles. The van der Waals surface area contributed by atoms with Crippen LogP contribution in [0.15, 0.2) is 24.3 Å². The first-order valence-corrected chi connectivity index (χ1v) is 11.3. The van der Waals surface area contributed by atoms with Crippen molar-refractivity contribution >= 4 is 52.4 Å². The van der Waals surface area contributed by atoms with Crippen LogP contribution in [0.25, 0.3) is 0 Å². The number of benzene rings is 1. The summed E-state index contributed by atoms with van der Waals surface area (Å²) in [5.41, 5.74) is 1.31. The minimum Gasteiger partial charge on any atom is -0.444 e. The Hall–Kier alpha value is -2.37. The molecule has 0 saturated carbocycles. The number of nitrogens with one attached hydrogen (secondary N) is 4. The second-order valence-corrected chi connectivity index (χ2v) is 8.02. The average molecular weight is 546 g/mol. The van der Waals surface area contributed by atoms with E-state index in [0.717, 1.165) is 18.4 Å². The maximum Gasteiger partial charge on any atom is 0.416 e. The second kappa shape index (κ2) is 13.8. The minimum atomic E-state index is -0.795. The lowest BCUT2D eigenvalue weighted by Crippen LogP contribution is -2.53. The standard InChI is InChI=1S/C21H31IN4O5/c1-5-6-7-17(27)25-18(13(2)3)20(29)23-14(4)19(28)24-16-10-8-15(9-11-16)12-31-21(30)26-22/h8-11,13-14,18H,5-7,12H2,1-4H3,(H,23,29)(H,24,28)(H,25,27)(H,26,30)/t14-,18-/m0/s1. The molecule has 0 radical (unpaired) electrons. The first-order chi connectivity index (χ1) is 14.7. The first-order valence-electron chi connectivity index (χ1n) is 10.2. The molecule has 0 aliphatic rings. The van der Waals surface area contributed by atoms with Crippen molar-refractivity contribution in [3.63, 3.8) is 0 Å². The molecule has 1 rings (SSSR count). The zero-order valence-corrected chi connectivity index (χ0v) is 20.4. The second-order valence-electron chi connectivity index (χ2n) is 7.48. The first kappa shape index (κ1) is 26.7. The Morgan fingerprint density at radius 2 is 1.65 bits per heavy atom. The topological polar surface area (TPSA) is 126 Å². The van der Waals surface area contributed by atoms with Crippen LogP contribution in [0.2, 0.25) is 0 Å². The highest BCUT2D eigenvalue weighted by atomic mass is 127. The molecule has 0 aliphatic carbocycles. The molecule has 0 aliphatic heterocycles. The number of anilines is 1. The lowest BCUT2D eigenvalue weighted by atomic mass is 10.0. The van der Waals surface area contributed by atoms with E-state index >= 15 is 0 Å². The van der Waals surface area contributed by atoms with Crippen molar-refractivity contribution < 1.29 is 23.9 Å². The van der Waals surface area contributed by atoms with Crippen molar-refractivity contribution in [3.8, 4) is 0 Å². The third-order valence-electron chi connectivity index (χ3n) is 4.44. The summed E-state index contributed by atoms with van der Waals surface area (Å²) in [6.45, 7) is 7.35. The fraction of sp³-hybridized carbons (Fsp3) is 0.524. The summed E-state index contributed by atoms with van der Waals surface area (Å²) < 4.78 is 7.28. The number of ether oxygens (including phenoxy) is 1. The van der Waals surface area contributed by atoms with Crippen molar-refractivity contribution in [2.24, 2.45) is 5.92 Å². The highest BCUT2D eigenvalue weighted by Crippen LogP contribution is 2.11. The molecule has 9 nitrogen and oxygen atoms in total. The molecule has 0 aromatic heterocycles. The van der Waals surface area contributed by atoms with E-state index in [9.17, 15) is 19.2 Å². The van der Waals surface area contributed by atoms with Gasteiger partial charge in [0.2, 0.25) is 17.7 Å². The van der Waals surface area contributed by atoms with Gasteiger partial charge in [0, 0.05) is 12.1 Å². The fourth-order valence-electron chi connectivity index (χ4n) is 2.60. The molecular formula is C21H31IN4O5. The maximum atomic E-state index is 12.6. The average Bonchev–Trinajstić information content (AvgIpc) is 2.74. The highest BCUT2D eigenvalue weighted by molar-refractivity contribution is 14.1. The van der Waals surface area contributed by atoms with E-state index in [1.165, 1.54) is 0 Å². The molecule has 4 amide bonds. The summed E-state index contributed by atoms with van der Waals surface area (Å²) in [4.78, 5) is 48.2. The quantitative estimate of drug-likeness (QED) is 0.251. The van der Waals surface area contributed by atoms with E-state index in [2.05, 4.69) is 19.5 Å². The lowest BCUT2D eigenvalue weighted by Gasteiger charge is -2.24. The van der Waals surface area contributed by atoms with Crippen LogP contribution in [-0.4, -0.2) is 35.9 Å². The van der Waals surface area contributed by atoms with Gasteiger partial charge in [0.05, 0.1) is 22.9 Å². The van der Waals surface area contributed by atoms with Crippen LogP contribution in [0.5, 0.6) is 0 Å². The Labute approximate surface area is 196 Å². The number of hydrogen-bond acceptors (Lipinski definition) is 5. The largest absolute Gasteiger partial charge is 0.444 e. The van der Waals surface area contributed by atoms with Crippen LogP contribution in [0.3, 0.4) is 0 Å². The summed E-state index contributed by atoms with van der Waals surface area (Å²) in [7, 11) is 0. The van der Waals surface area contributed by atoms with Gasteiger partial charge in [-0.3, -0.25) is 17.9 Å². The number of amides is 4. The van der Waals surface area contributed by atoms with Crippen molar-refractivity contribution in [2.75, 3.05) is 5.32 Å². The van der Waals surface area contributed by atoms with E-state index in [0.29, 0.717) is 12.1 Å². The van der Waals surface area contributed by atoms with Gasteiger partial charge in [0.25, 0.3) is 0 Å². The van der Waals surface area contributed by atoms with Crippen LogP contribution in [-0.2, 0) is 25.7 Å².